The summed E-state index contributed by atoms with van der Waals surface area (Å²) in [6.07, 6.45) is 7.04. The Labute approximate surface area is 75.2 Å². The Balaban J connectivity index is 2.07. The maximum atomic E-state index is 5.10. The van der Waals surface area contributed by atoms with Gasteiger partial charge in [0.15, 0.2) is 0 Å². The van der Waals surface area contributed by atoms with Gasteiger partial charge in [-0.15, -0.1) is 0 Å². The van der Waals surface area contributed by atoms with Gasteiger partial charge in [-0.25, -0.2) is 0 Å². The van der Waals surface area contributed by atoms with Crippen LogP contribution in [0, 0.1) is 0 Å². The number of nitrogens with zero attached hydrogens (tertiary/aromatic N) is 1. The molecule has 0 unspecified atom stereocenters. The summed E-state index contributed by atoms with van der Waals surface area (Å²) in [4.78, 5) is 2.48. The van der Waals surface area contributed by atoms with Crippen LogP contribution in [0.1, 0.15) is 25.7 Å². The molecule has 70 valence electrons. The highest BCUT2D eigenvalue weighted by Gasteiger charge is 2.07. The van der Waals surface area contributed by atoms with Crippen molar-refractivity contribution in [1.82, 2.24) is 4.90 Å². The van der Waals surface area contributed by atoms with Gasteiger partial charge in [0, 0.05) is 6.54 Å². The number of rotatable bonds is 4. The van der Waals surface area contributed by atoms with E-state index >= 15 is 0 Å². The summed E-state index contributed by atoms with van der Waals surface area (Å²) >= 11 is 0. The fourth-order valence-electron chi connectivity index (χ4n) is 1.62. The third kappa shape index (κ3) is 3.77. The van der Waals surface area contributed by atoms with Crippen LogP contribution in [-0.4, -0.2) is 31.1 Å². The Bertz CT molecular complexity index is 117. The van der Waals surface area contributed by atoms with Crippen LogP contribution < -0.4 is 0 Å². The molecule has 0 aromatic heterocycles. The molecule has 0 aromatic rings. The van der Waals surface area contributed by atoms with E-state index in [2.05, 4.69) is 11.5 Å². The maximum absolute atomic E-state index is 5.10. The van der Waals surface area contributed by atoms with Crippen LogP contribution in [-0.2, 0) is 4.74 Å². The van der Waals surface area contributed by atoms with Crippen LogP contribution in [0.5, 0.6) is 0 Å². The molecule has 1 aliphatic rings. The van der Waals surface area contributed by atoms with Crippen LogP contribution in [0.15, 0.2) is 12.8 Å². The van der Waals surface area contributed by atoms with E-state index in [1.54, 1.807) is 0 Å². The summed E-state index contributed by atoms with van der Waals surface area (Å²) in [6, 6.07) is 0. The molecular weight excluding hydrogens is 150 g/mol. The third-order valence-electron chi connectivity index (χ3n) is 2.34. The van der Waals surface area contributed by atoms with E-state index in [9.17, 15) is 0 Å². The first-order chi connectivity index (χ1) is 5.93. The van der Waals surface area contributed by atoms with Crippen LogP contribution in [0.3, 0.4) is 0 Å². The smallest absolute Gasteiger partial charge is 0.0999 e. The predicted octanol–water partition coefficient (Wildman–Crippen LogP) is 2.02. The summed E-state index contributed by atoms with van der Waals surface area (Å²) < 4.78 is 5.10. The minimum atomic E-state index is 0.795. The summed E-state index contributed by atoms with van der Waals surface area (Å²) in [7, 11) is 0. The van der Waals surface area contributed by atoms with Crippen LogP contribution in [0.2, 0.25) is 0 Å². The topological polar surface area (TPSA) is 12.5 Å². The maximum Gasteiger partial charge on any atom is 0.0999 e. The van der Waals surface area contributed by atoms with Gasteiger partial charge in [0.05, 0.1) is 12.9 Å². The van der Waals surface area contributed by atoms with Crippen molar-refractivity contribution in [2.75, 3.05) is 26.2 Å². The molecule has 1 fully saturated rings. The zero-order chi connectivity index (χ0) is 8.65. The second-order valence-corrected chi connectivity index (χ2v) is 3.29. The minimum Gasteiger partial charge on any atom is -0.500 e. The van der Waals surface area contributed by atoms with Crippen molar-refractivity contribution < 1.29 is 4.74 Å². The normalized spacial score (nSPS) is 20.0. The average molecular weight is 169 g/mol. The largest absolute Gasteiger partial charge is 0.500 e. The van der Waals surface area contributed by atoms with Gasteiger partial charge >= 0.3 is 0 Å². The Morgan fingerprint density at radius 3 is 2.42 bits per heavy atom. The second-order valence-electron chi connectivity index (χ2n) is 3.29. The minimum absolute atomic E-state index is 0.795. The van der Waals surface area contributed by atoms with E-state index < -0.39 is 0 Å². The van der Waals surface area contributed by atoms with Crippen LogP contribution >= 0.6 is 0 Å². The molecular formula is C10H19NO. The molecule has 1 heterocycles. The van der Waals surface area contributed by atoms with Crippen molar-refractivity contribution in [2.24, 2.45) is 0 Å². The molecule has 1 saturated heterocycles. The highest BCUT2D eigenvalue weighted by Crippen LogP contribution is 2.08. The molecule has 0 saturated carbocycles. The van der Waals surface area contributed by atoms with Crippen molar-refractivity contribution in [3.8, 4) is 0 Å². The first kappa shape index (κ1) is 9.59. The molecule has 2 heteroatoms. The fourth-order valence-corrected chi connectivity index (χ4v) is 1.62. The zero-order valence-electron chi connectivity index (χ0n) is 7.80. The Morgan fingerprint density at radius 1 is 1.17 bits per heavy atom. The van der Waals surface area contributed by atoms with Gasteiger partial charge in [-0.1, -0.05) is 19.4 Å². The number of hydrogen-bond donors (Lipinski definition) is 0. The van der Waals surface area contributed by atoms with Crippen molar-refractivity contribution in [3.63, 3.8) is 0 Å². The molecule has 0 aliphatic carbocycles. The monoisotopic (exact) mass is 169 g/mol. The van der Waals surface area contributed by atoms with Gasteiger partial charge < -0.3 is 4.74 Å². The summed E-state index contributed by atoms with van der Waals surface area (Å²) in [5.74, 6) is 0. The molecule has 0 radical (unpaired) electrons. The molecule has 12 heavy (non-hydrogen) atoms. The quantitative estimate of drug-likeness (QED) is 0.471. The van der Waals surface area contributed by atoms with Crippen molar-refractivity contribution in [1.29, 1.82) is 0 Å². The van der Waals surface area contributed by atoms with E-state index in [0.717, 1.165) is 13.2 Å². The first-order valence-electron chi connectivity index (χ1n) is 4.88. The Kier molecular flexibility index (Phi) is 4.85. The van der Waals surface area contributed by atoms with Gasteiger partial charge in [0.25, 0.3) is 0 Å². The lowest BCUT2D eigenvalue weighted by molar-refractivity contribution is 0.181. The van der Waals surface area contributed by atoms with Gasteiger partial charge in [-0.05, 0) is 25.9 Å². The lowest BCUT2D eigenvalue weighted by Crippen LogP contribution is -2.28. The van der Waals surface area contributed by atoms with E-state index in [1.807, 2.05) is 0 Å². The summed E-state index contributed by atoms with van der Waals surface area (Å²) in [6.45, 7) is 7.88. The van der Waals surface area contributed by atoms with E-state index in [1.165, 1.54) is 45.0 Å². The molecule has 0 spiro atoms. The third-order valence-corrected chi connectivity index (χ3v) is 2.34. The first-order valence-corrected chi connectivity index (χ1v) is 4.88. The van der Waals surface area contributed by atoms with Gasteiger partial charge in [0.1, 0.15) is 0 Å². The number of likely N-dealkylation sites (tertiary alicyclic amines) is 1. The molecule has 0 amide bonds. The van der Waals surface area contributed by atoms with Crippen molar-refractivity contribution >= 4 is 0 Å². The predicted molar refractivity (Wildman–Crippen MR) is 51.1 cm³/mol. The van der Waals surface area contributed by atoms with E-state index in [0.29, 0.717) is 0 Å². The van der Waals surface area contributed by atoms with Gasteiger partial charge in [0.2, 0.25) is 0 Å². The number of hydrogen-bond acceptors (Lipinski definition) is 2. The zero-order valence-corrected chi connectivity index (χ0v) is 7.80. The van der Waals surface area contributed by atoms with Crippen molar-refractivity contribution in [2.45, 2.75) is 25.7 Å². The Hall–Kier alpha value is -0.500. The second kappa shape index (κ2) is 6.06. The molecule has 0 N–H and O–H groups in total. The fraction of sp³-hybridized carbons (Fsp3) is 0.800. The lowest BCUT2D eigenvalue weighted by atomic mass is 10.2. The average Bonchev–Trinajstić information content (AvgIpc) is 2.33. The summed E-state index contributed by atoms with van der Waals surface area (Å²) in [5, 5.41) is 0. The van der Waals surface area contributed by atoms with Crippen molar-refractivity contribution in [3.05, 3.63) is 12.8 Å². The van der Waals surface area contributed by atoms with E-state index in [4.69, 9.17) is 4.74 Å². The standard InChI is InChI=1S/C10H19NO/c1-2-12-10-9-11-7-5-3-4-6-8-11/h2H,1,3-10H2. The molecule has 0 aromatic carbocycles. The lowest BCUT2D eigenvalue weighted by Gasteiger charge is -2.18. The molecule has 0 bridgehead atoms. The molecule has 1 rings (SSSR count). The van der Waals surface area contributed by atoms with E-state index in [-0.39, 0.29) is 0 Å². The molecule has 2 nitrogen and oxygen atoms in total. The highest BCUT2D eigenvalue weighted by molar-refractivity contribution is 4.63. The SMILES string of the molecule is C=COCCN1CCCCCC1. The summed E-state index contributed by atoms with van der Waals surface area (Å²) in [5.41, 5.74) is 0. The van der Waals surface area contributed by atoms with Gasteiger partial charge in [-0.2, -0.15) is 0 Å². The molecule has 0 atom stereocenters. The number of ether oxygens (including phenoxy) is 1. The Morgan fingerprint density at radius 2 is 1.83 bits per heavy atom. The van der Waals surface area contributed by atoms with Crippen LogP contribution in [0.25, 0.3) is 0 Å². The van der Waals surface area contributed by atoms with Gasteiger partial charge in [-0.3, -0.25) is 4.90 Å². The highest BCUT2D eigenvalue weighted by atomic mass is 16.5. The van der Waals surface area contributed by atoms with Crippen LogP contribution in [0.4, 0.5) is 0 Å². The molecule has 1 aliphatic heterocycles.